The lowest BCUT2D eigenvalue weighted by Crippen LogP contribution is -2.30. The molecule has 0 radical (unpaired) electrons. The number of hydrogen-bond donors (Lipinski definition) is 0. The second kappa shape index (κ2) is 8.75. The molecule has 0 fully saturated rings. The molecule has 0 bridgehead atoms. The maximum atomic E-state index is 13.0. The van der Waals surface area contributed by atoms with Gasteiger partial charge in [0, 0.05) is 19.1 Å². The number of amides is 1. The highest BCUT2D eigenvalue weighted by molar-refractivity contribution is 6.03. The normalized spacial score (nSPS) is 14.4. The number of rotatable bonds is 7. The zero-order chi connectivity index (χ0) is 20.1. The van der Waals surface area contributed by atoms with Gasteiger partial charge in [-0.25, -0.2) is 5.01 Å². The second-order valence-electron chi connectivity index (χ2n) is 6.22. The van der Waals surface area contributed by atoms with Gasteiger partial charge in [0.15, 0.2) is 17.6 Å². The highest BCUT2D eigenvalue weighted by Gasteiger charge is 2.30. The Bertz CT molecular complexity index is 881. The molecule has 1 aliphatic heterocycles. The molecule has 2 aromatic carbocycles. The van der Waals surface area contributed by atoms with Crippen molar-refractivity contribution in [2.24, 2.45) is 5.10 Å². The van der Waals surface area contributed by atoms with Crippen LogP contribution in [0.3, 0.4) is 0 Å². The average Bonchev–Trinajstić information content (AvgIpc) is 3.24. The fourth-order valence-corrected chi connectivity index (χ4v) is 3.15. The summed E-state index contributed by atoms with van der Waals surface area (Å²) < 4.78 is 21.3. The molecule has 0 N–H and O–H groups in total. The van der Waals surface area contributed by atoms with Gasteiger partial charge in [-0.3, -0.25) is 4.79 Å². The van der Waals surface area contributed by atoms with Crippen LogP contribution in [0.5, 0.6) is 17.2 Å². The Morgan fingerprint density at radius 2 is 1.79 bits per heavy atom. The van der Waals surface area contributed by atoms with E-state index in [0.717, 1.165) is 16.8 Å². The van der Waals surface area contributed by atoms with Crippen LogP contribution in [-0.4, -0.2) is 51.6 Å². The summed E-state index contributed by atoms with van der Waals surface area (Å²) in [5.41, 5.74) is 2.43. The van der Waals surface area contributed by atoms with Crippen LogP contribution in [0.15, 0.2) is 47.6 Å². The van der Waals surface area contributed by atoms with Crippen molar-refractivity contribution in [2.45, 2.75) is 12.5 Å². The molecule has 28 heavy (non-hydrogen) atoms. The third kappa shape index (κ3) is 3.94. The molecular formula is C21H24N2O5. The summed E-state index contributed by atoms with van der Waals surface area (Å²) in [5, 5.41) is 5.98. The first-order chi connectivity index (χ1) is 13.6. The Hall–Kier alpha value is -3.06. The van der Waals surface area contributed by atoms with Gasteiger partial charge in [-0.2, -0.15) is 5.10 Å². The average molecular weight is 384 g/mol. The molecule has 3 rings (SSSR count). The van der Waals surface area contributed by atoms with Gasteiger partial charge >= 0.3 is 0 Å². The molecule has 2 aromatic rings. The number of nitrogens with zero attached hydrogens (tertiary/aromatic N) is 2. The summed E-state index contributed by atoms with van der Waals surface area (Å²) in [6.45, 7) is 0.492. The van der Waals surface area contributed by atoms with E-state index in [0.29, 0.717) is 30.2 Å². The standard InChI is InChI=1S/C21H24N2O5/c1-25-16-7-5-6-15(12-16)20(28-4)21(24)23-11-10-17(22-23)14-8-9-18(26-2)19(13-14)27-3/h5-9,12-13,20H,10-11H2,1-4H3. The van der Waals surface area contributed by atoms with E-state index < -0.39 is 6.10 Å². The SMILES string of the molecule is COc1cccc(C(OC)C(=O)N2CCC(c3ccc(OC)c(OC)c3)=N2)c1. The van der Waals surface area contributed by atoms with Crippen LogP contribution in [0.25, 0.3) is 0 Å². The lowest BCUT2D eigenvalue weighted by Gasteiger charge is -2.20. The number of benzene rings is 2. The topological polar surface area (TPSA) is 69.6 Å². The van der Waals surface area contributed by atoms with E-state index >= 15 is 0 Å². The smallest absolute Gasteiger partial charge is 0.276 e. The molecule has 7 heteroatoms. The van der Waals surface area contributed by atoms with Crippen molar-refractivity contribution in [3.05, 3.63) is 53.6 Å². The quantitative estimate of drug-likeness (QED) is 0.734. The summed E-state index contributed by atoms with van der Waals surface area (Å²) in [4.78, 5) is 13.0. The third-order valence-corrected chi connectivity index (χ3v) is 4.63. The van der Waals surface area contributed by atoms with Gasteiger partial charge in [0.05, 0.1) is 33.6 Å². The summed E-state index contributed by atoms with van der Waals surface area (Å²) in [5.74, 6) is 1.73. The Labute approximate surface area is 164 Å². The van der Waals surface area contributed by atoms with Crippen LogP contribution >= 0.6 is 0 Å². The van der Waals surface area contributed by atoms with Gasteiger partial charge in [0.2, 0.25) is 0 Å². The monoisotopic (exact) mass is 384 g/mol. The lowest BCUT2D eigenvalue weighted by molar-refractivity contribution is -0.141. The minimum Gasteiger partial charge on any atom is -0.497 e. The number of carbonyl (C=O) groups is 1. The predicted octanol–water partition coefficient (Wildman–Crippen LogP) is 3.04. The first-order valence-electron chi connectivity index (χ1n) is 8.89. The maximum absolute atomic E-state index is 13.0. The van der Waals surface area contributed by atoms with Crippen LogP contribution in [0.2, 0.25) is 0 Å². The first-order valence-corrected chi connectivity index (χ1v) is 8.89. The van der Waals surface area contributed by atoms with Crippen molar-refractivity contribution in [1.29, 1.82) is 0 Å². The van der Waals surface area contributed by atoms with Gasteiger partial charge in [-0.15, -0.1) is 0 Å². The molecule has 1 heterocycles. The summed E-state index contributed by atoms with van der Waals surface area (Å²) in [7, 11) is 6.28. The van der Waals surface area contributed by atoms with Crippen LogP contribution in [-0.2, 0) is 9.53 Å². The number of hydrazone groups is 1. The highest BCUT2D eigenvalue weighted by atomic mass is 16.5. The van der Waals surface area contributed by atoms with Gasteiger partial charge < -0.3 is 18.9 Å². The summed E-state index contributed by atoms with van der Waals surface area (Å²) in [6.07, 6.45) is -0.0981. The molecule has 7 nitrogen and oxygen atoms in total. The number of carbonyl (C=O) groups excluding carboxylic acids is 1. The van der Waals surface area contributed by atoms with Crippen molar-refractivity contribution in [1.82, 2.24) is 5.01 Å². The van der Waals surface area contributed by atoms with E-state index in [9.17, 15) is 4.79 Å². The first kappa shape index (κ1) is 19.7. The molecule has 1 atom stereocenters. The Morgan fingerprint density at radius 3 is 2.46 bits per heavy atom. The van der Waals surface area contributed by atoms with E-state index in [2.05, 4.69) is 5.10 Å². The molecule has 1 aliphatic rings. The van der Waals surface area contributed by atoms with Crippen LogP contribution in [0.1, 0.15) is 23.7 Å². The minimum atomic E-state index is -0.747. The molecule has 148 valence electrons. The molecular weight excluding hydrogens is 360 g/mol. The second-order valence-corrected chi connectivity index (χ2v) is 6.22. The zero-order valence-corrected chi connectivity index (χ0v) is 16.5. The third-order valence-electron chi connectivity index (χ3n) is 4.63. The van der Waals surface area contributed by atoms with Crippen LogP contribution in [0, 0.1) is 0 Å². The van der Waals surface area contributed by atoms with Gasteiger partial charge in [0.1, 0.15) is 5.75 Å². The minimum absolute atomic E-state index is 0.216. The van der Waals surface area contributed by atoms with Crippen molar-refractivity contribution >= 4 is 11.6 Å². The molecule has 0 aliphatic carbocycles. The fourth-order valence-electron chi connectivity index (χ4n) is 3.15. The van der Waals surface area contributed by atoms with Crippen LogP contribution < -0.4 is 14.2 Å². The van der Waals surface area contributed by atoms with Gasteiger partial charge in [0.25, 0.3) is 5.91 Å². The van der Waals surface area contributed by atoms with E-state index in [1.54, 1.807) is 27.4 Å². The van der Waals surface area contributed by atoms with Crippen molar-refractivity contribution in [3.8, 4) is 17.2 Å². The predicted molar refractivity (Wildman–Crippen MR) is 105 cm³/mol. The van der Waals surface area contributed by atoms with E-state index in [-0.39, 0.29) is 5.91 Å². The van der Waals surface area contributed by atoms with Crippen molar-refractivity contribution < 1.29 is 23.7 Å². The summed E-state index contributed by atoms with van der Waals surface area (Å²) >= 11 is 0. The fraction of sp³-hybridized carbons (Fsp3) is 0.333. The van der Waals surface area contributed by atoms with Crippen LogP contribution in [0.4, 0.5) is 0 Å². The Balaban J connectivity index is 1.82. The maximum Gasteiger partial charge on any atom is 0.276 e. The molecule has 0 aromatic heterocycles. The largest absolute Gasteiger partial charge is 0.497 e. The molecule has 1 unspecified atom stereocenters. The number of ether oxygens (including phenoxy) is 4. The Kier molecular flexibility index (Phi) is 6.16. The van der Waals surface area contributed by atoms with E-state index in [1.165, 1.54) is 12.1 Å². The van der Waals surface area contributed by atoms with Crippen molar-refractivity contribution in [2.75, 3.05) is 35.0 Å². The van der Waals surface area contributed by atoms with E-state index in [1.807, 2.05) is 36.4 Å². The van der Waals surface area contributed by atoms with Gasteiger partial charge in [-0.05, 0) is 35.9 Å². The molecule has 1 amide bonds. The van der Waals surface area contributed by atoms with Crippen molar-refractivity contribution in [3.63, 3.8) is 0 Å². The van der Waals surface area contributed by atoms with Gasteiger partial charge in [-0.1, -0.05) is 12.1 Å². The number of hydrogen-bond acceptors (Lipinski definition) is 6. The molecule has 0 spiro atoms. The lowest BCUT2D eigenvalue weighted by atomic mass is 10.1. The Morgan fingerprint density at radius 1 is 1.00 bits per heavy atom. The number of methoxy groups -OCH3 is 4. The highest BCUT2D eigenvalue weighted by Crippen LogP contribution is 2.30. The van der Waals surface area contributed by atoms with E-state index in [4.69, 9.17) is 18.9 Å². The zero-order valence-electron chi connectivity index (χ0n) is 16.5. The molecule has 0 saturated heterocycles. The molecule has 0 saturated carbocycles. The summed E-state index contributed by atoms with van der Waals surface area (Å²) in [6, 6.07) is 12.9.